The van der Waals surface area contributed by atoms with E-state index >= 15 is 0 Å². The predicted molar refractivity (Wildman–Crippen MR) is 116 cm³/mol. The van der Waals surface area contributed by atoms with Crippen molar-refractivity contribution in [1.29, 1.82) is 0 Å². The Bertz CT molecular complexity index is 1200. The Kier molecular flexibility index (Phi) is 7.82. The first-order valence-electron chi connectivity index (χ1n) is 9.99. The Labute approximate surface area is 191 Å². The molecule has 184 valence electrons. The van der Waals surface area contributed by atoms with Gasteiger partial charge in [-0.05, 0) is 17.7 Å². The summed E-state index contributed by atoms with van der Waals surface area (Å²) in [6.07, 6.45) is -5.74. The minimum absolute atomic E-state index is 0.132. The Morgan fingerprint density at radius 3 is 2.38 bits per heavy atom. The van der Waals surface area contributed by atoms with Crippen molar-refractivity contribution in [3.63, 3.8) is 0 Å². The number of ether oxygens (including phenoxy) is 1. The maximum Gasteiger partial charge on any atom is 0.330 e. The highest BCUT2D eigenvalue weighted by Gasteiger charge is 2.47. The van der Waals surface area contributed by atoms with Crippen LogP contribution in [0.3, 0.4) is 0 Å². The number of H-pyrrole nitrogens is 1. The largest absolute Gasteiger partial charge is 0.387 e. The summed E-state index contributed by atoms with van der Waals surface area (Å²) in [5.74, 6) is -1.28. The fourth-order valence-electron chi connectivity index (χ4n) is 3.29. The molecule has 1 aliphatic rings. The summed E-state index contributed by atoms with van der Waals surface area (Å²) < 4.78 is 17.2. The van der Waals surface area contributed by atoms with Gasteiger partial charge in [0.15, 0.2) is 12.3 Å². The van der Waals surface area contributed by atoms with Gasteiger partial charge in [0.25, 0.3) is 11.5 Å². The van der Waals surface area contributed by atoms with Crippen molar-refractivity contribution >= 4 is 25.1 Å². The number of nitrogens with one attached hydrogen (secondary N) is 3. The van der Waals surface area contributed by atoms with Gasteiger partial charge in [0.05, 0.1) is 6.16 Å². The smallest absolute Gasteiger partial charge is 0.330 e. The lowest BCUT2D eigenvalue weighted by Crippen LogP contribution is -2.43. The first kappa shape index (κ1) is 25.5. The van der Waals surface area contributed by atoms with E-state index in [1.54, 1.807) is 0 Å². The molecule has 2 aromatic rings. The number of carbonyl (C=O) groups is 2. The zero-order chi connectivity index (χ0) is 25.0. The number of rotatable bonds is 8. The molecule has 1 aliphatic heterocycles. The number of anilines is 1. The van der Waals surface area contributed by atoms with E-state index in [2.05, 4.69) is 10.6 Å². The number of hydrogen-bond acceptors (Lipinski definition) is 8. The van der Waals surface area contributed by atoms with Crippen LogP contribution in [0.5, 0.6) is 0 Å². The van der Waals surface area contributed by atoms with Gasteiger partial charge in [-0.2, -0.15) is 0 Å². The molecule has 2 heterocycles. The number of aromatic amines is 1. The lowest BCUT2D eigenvalue weighted by molar-refractivity contribution is -0.137. The number of aliphatic hydroxyl groups excluding tert-OH is 2. The number of hydrogen-bond donors (Lipinski definition) is 7. The lowest BCUT2D eigenvalue weighted by atomic mass is 10.1. The normalized spacial score (nSPS) is 22.4. The van der Waals surface area contributed by atoms with Crippen LogP contribution in [0.25, 0.3) is 0 Å². The van der Waals surface area contributed by atoms with Crippen molar-refractivity contribution in [2.45, 2.75) is 37.1 Å². The summed E-state index contributed by atoms with van der Waals surface area (Å²) in [6.45, 7) is -0.132. The van der Waals surface area contributed by atoms with Gasteiger partial charge in [-0.1, -0.05) is 12.1 Å². The average Bonchev–Trinajstić information content (AvgIpc) is 3.03. The zero-order valence-electron chi connectivity index (χ0n) is 17.5. The van der Waals surface area contributed by atoms with Gasteiger partial charge in [0.2, 0.25) is 5.91 Å². The highest BCUT2D eigenvalue weighted by atomic mass is 31.2. The fourth-order valence-corrected chi connectivity index (χ4v) is 3.97. The quantitative estimate of drug-likeness (QED) is 0.198. The molecule has 1 aromatic carbocycles. The van der Waals surface area contributed by atoms with Crippen LogP contribution >= 0.6 is 7.60 Å². The van der Waals surface area contributed by atoms with Crippen molar-refractivity contribution in [2.24, 2.45) is 0 Å². The minimum atomic E-state index is -4.20. The zero-order valence-corrected chi connectivity index (χ0v) is 18.4. The Hall–Kier alpha value is -3.13. The third-order valence-electron chi connectivity index (χ3n) is 4.90. The monoisotopic (exact) mass is 498 g/mol. The highest BCUT2D eigenvalue weighted by molar-refractivity contribution is 7.50. The molecule has 0 spiro atoms. The number of carbonyl (C=O) groups excluding carboxylic acids is 2. The molecule has 2 amide bonds. The Morgan fingerprint density at radius 2 is 1.76 bits per heavy atom. The van der Waals surface area contributed by atoms with Crippen LogP contribution in [0.15, 0.2) is 46.1 Å². The first-order valence-corrected chi connectivity index (χ1v) is 11.8. The van der Waals surface area contributed by atoms with E-state index in [0.717, 1.165) is 16.8 Å². The number of aliphatic hydroxyl groups is 2. The van der Waals surface area contributed by atoms with Crippen LogP contribution in [-0.4, -0.2) is 66.2 Å². The van der Waals surface area contributed by atoms with Crippen LogP contribution < -0.4 is 21.9 Å². The van der Waals surface area contributed by atoms with Crippen molar-refractivity contribution < 1.29 is 38.9 Å². The molecule has 1 fully saturated rings. The number of aromatic nitrogens is 2. The summed E-state index contributed by atoms with van der Waals surface area (Å²) >= 11 is 0. The summed E-state index contributed by atoms with van der Waals surface area (Å²) in [6, 6.07) is 6.89. The molecule has 34 heavy (non-hydrogen) atoms. The minimum Gasteiger partial charge on any atom is -0.387 e. The molecular formula is C19H23N4O10P. The molecule has 0 unspecified atom stereocenters. The van der Waals surface area contributed by atoms with Crippen LogP contribution in [0, 0.1) is 0 Å². The number of nitrogens with zero attached hydrogens (tertiary/aromatic N) is 1. The van der Waals surface area contributed by atoms with Crippen molar-refractivity contribution in [3.8, 4) is 0 Å². The van der Waals surface area contributed by atoms with Gasteiger partial charge >= 0.3 is 13.3 Å². The van der Waals surface area contributed by atoms with Crippen LogP contribution in [0.1, 0.15) is 18.2 Å². The van der Waals surface area contributed by atoms with E-state index in [1.165, 1.54) is 24.3 Å². The van der Waals surface area contributed by atoms with Gasteiger partial charge in [0, 0.05) is 30.9 Å². The van der Waals surface area contributed by atoms with Crippen molar-refractivity contribution in [3.05, 3.63) is 62.9 Å². The second-order valence-corrected chi connectivity index (χ2v) is 9.20. The SMILES string of the molecule is O=C(CCNC(=O)[C@H]1O[C@@H](n2ccc(=O)[nH]c2=O)[C@@H](O)[C@@H]1O)Nc1ccc(CP(=O)(O)O)cc1. The van der Waals surface area contributed by atoms with Crippen LogP contribution in [-0.2, 0) is 25.1 Å². The van der Waals surface area contributed by atoms with E-state index in [1.807, 2.05) is 4.98 Å². The standard InChI is InChI=1S/C19H23N4O10P/c24-12(21-11-3-1-10(2-4-11)9-34(30,31)32)5-7-20-17(28)16-14(26)15(27)18(33-16)23-8-6-13(25)22-19(23)29/h1-4,6,8,14-16,18,26-27H,5,7,9H2,(H,20,28)(H,21,24)(H,22,25,29)(H2,30,31,32)/t14-,15-,16-,18+/m0/s1. The molecule has 0 saturated carbocycles. The molecular weight excluding hydrogens is 475 g/mol. The van der Waals surface area contributed by atoms with Crippen molar-refractivity contribution in [2.75, 3.05) is 11.9 Å². The molecule has 15 heteroatoms. The molecule has 0 aliphatic carbocycles. The van der Waals surface area contributed by atoms with E-state index in [4.69, 9.17) is 14.5 Å². The van der Waals surface area contributed by atoms with E-state index < -0.39 is 61.4 Å². The summed E-state index contributed by atoms with van der Waals surface area (Å²) in [5.41, 5.74) is -0.772. The molecule has 0 bridgehead atoms. The van der Waals surface area contributed by atoms with Crippen molar-refractivity contribution in [1.82, 2.24) is 14.9 Å². The highest BCUT2D eigenvalue weighted by Crippen LogP contribution is 2.39. The molecule has 1 aromatic heterocycles. The topological polar surface area (TPSA) is 220 Å². The Morgan fingerprint density at radius 1 is 1.09 bits per heavy atom. The molecule has 4 atom stereocenters. The maximum absolute atomic E-state index is 12.4. The molecule has 7 N–H and O–H groups in total. The second-order valence-electron chi connectivity index (χ2n) is 7.55. The van der Waals surface area contributed by atoms with E-state index in [0.29, 0.717) is 11.3 Å². The second kappa shape index (κ2) is 10.4. The Balaban J connectivity index is 1.49. The molecule has 0 radical (unpaired) electrons. The van der Waals surface area contributed by atoms with Crippen LogP contribution in [0.2, 0.25) is 0 Å². The van der Waals surface area contributed by atoms with Crippen LogP contribution in [0.4, 0.5) is 5.69 Å². The lowest BCUT2D eigenvalue weighted by Gasteiger charge is -2.16. The van der Waals surface area contributed by atoms with Gasteiger partial charge in [0.1, 0.15) is 12.2 Å². The van der Waals surface area contributed by atoms with Gasteiger partial charge in [-0.3, -0.25) is 28.5 Å². The average molecular weight is 498 g/mol. The predicted octanol–water partition coefficient (Wildman–Crippen LogP) is -2.02. The molecule has 1 saturated heterocycles. The fraction of sp³-hybridized carbons (Fsp3) is 0.368. The first-order chi connectivity index (χ1) is 15.9. The van der Waals surface area contributed by atoms with Gasteiger partial charge < -0.3 is 35.4 Å². The van der Waals surface area contributed by atoms with Gasteiger partial charge in [-0.15, -0.1) is 0 Å². The summed E-state index contributed by atoms with van der Waals surface area (Å²) in [4.78, 5) is 67.4. The number of benzene rings is 1. The third kappa shape index (κ3) is 6.47. The maximum atomic E-state index is 12.4. The molecule has 14 nitrogen and oxygen atoms in total. The third-order valence-corrected chi connectivity index (χ3v) is 5.68. The summed E-state index contributed by atoms with van der Waals surface area (Å²) in [7, 11) is -4.20. The van der Waals surface area contributed by atoms with Gasteiger partial charge in [-0.25, -0.2) is 4.79 Å². The van der Waals surface area contributed by atoms with E-state index in [-0.39, 0.29) is 13.0 Å². The molecule has 3 rings (SSSR count). The summed E-state index contributed by atoms with van der Waals surface area (Å²) in [5, 5.41) is 25.3. The van der Waals surface area contributed by atoms with E-state index in [9.17, 15) is 34.0 Å². The number of amides is 2.